The molecule has 0 saturated heterocycles. The number of hydrogen-bond acceptors (Lipinski definition) is 3. The number of nitrogens with zero attached hydrogens (tertiary/aromatic N) is 3. The first-order chi connectivity index (χ1) is 4.86. The third-order valence-electron chi connectivity index (χ3n) is 1.29. The zero-order valence-corrected chi connectivity index (χ0v) is 5.99. The highest BCUT2D eigenvalue weighted by Gasteiger charge is 1.94. The number of hydrogen-bond donors (Lipinski definition) is 1. The van der Waals surface area contributed by atoms with Crippen molar-refractivity contribution in [1.82, 2.24) is 14.2 Å². The molecular weight excluding hydrogens is 146 g/mol. The molecule has 0 spiro atoms. The molecule has 4 heteroatoms. The van der Waals surface area contributed by atoms with Crippen LogP contribution >= 0.6 is 12.8 Å². The topological polar surface area (TPSA) is 30.7 Å². The summed E-state index contributed by atoms with van der Waals surface area (Å²) in [6.07, 6.45) is 5.28. The van der Waals surface area contributed by atoms with Gasteiger partial charge in [-0.25, -0.2) is 4.09 Å². The summed E-state index contributed by atoms with van der Waals surface area (Å²) in [7, 11) is 0. The lowest BCUT2D eigenvalue weighted by atomic mass is 10.3. The van der Waals surface area contributed by atoms with Gasteiger partial charge in [-0.3, -0.25) is 4.98 Å². The minimum Gasteiger partial charge on any atom is -0.264 e. The molecule has 3 nitrogen and oxygen atoms in total. The summed E-state index contributed by atoms with van der Waals surface area (Å²) in [6.45, 7) is 0. The van der Waals surface area contributed by atoms with E-state index in [2.05, 4.69) is 22.9 Å². The van der Waals surface area contributed by atoms with Gasteiger partial charge < -0.3 is 0 Å². The molecule has 0 aliphatic carbocycles. The molecular formula is C6H5N3S. The summed E-state index contributed by atoms with van der Waals surface area (Å²) < 4.78 is 1.48. The molecule has 2 heterocycles. The Labute approximate surface area is 63.2 Å². The largest absolute Gasteiger partial charge is 0.264 e. The van der Waals surface area contributed by atoms with Crippen LogP contribution in [-0.2, 0) is 0 Å². The molecule has 2 aromatic rings. The van der Waals surface area contributed by atoms with Crippen molar-refractivity contribution in [2.75, 3.05) is 0 Å². The molecule has 2 rings (SSSR count). The molecule has 10 heavy (non-hydrogen) atoms. The molecule has 0 amide bonds. The molecule has 50 valence electrons. The minimum atomic E-state index is 0.921. The Hall–Kier alpha value is -1.03. The average molecular weight is 151 g/mol. The Morgan fingerprint density at radius 1 is 1.50 bits per heavy atom. The Bertz CT molecular complexity index is 322. The fourth-order valence-electron chi connectivity index (χ4n) is 0.854. The number of thiol groups is 1. The molecule has 2 aromatic heterocycles. The van der Waals surface area contributed by atoms with Crippen molar-refractivity contribution in [3.8, 4) is 0 Å². The monoisotopic (exact) mass is 151 g/mol. The van der Waals surface area contributed by atoms with Crippen LogP contribution in [0.3, 0.4) is 0 Å². The van der Waals surface area contributed by atoms with E-state index in [1.54, 1.807) is 12.4 Å². The lowest BCUT2D eigenvalue weighted by Crippen LogP contribution is -1.75. The second-order valence-electron chi connectivity index (χ2n) is 1.98. The summed E-state index contributed by atoms with van der Waals surface area (Å²) in [5, 5.41) is 5.07. The van der Waals surface area contributed by atoms with Crippen LogP contribution in [0.5, 0.6) is 0 Å². The first-order valence-corrected chi connectivity index (χ1v) is 3.25. The Morgan fingerprint density at radius 2 is 2.40 bits per heavy atom. The first kappa shape index (κ1) is 5.73. The Balaban J connectivity index is 2.88. The van der Waals surface area contributed by atoms with Gasteiger partial charge in [0.2, 0.25) is 0 Å². The summed E-state index contributed by atoms with van der Waals surface area (Å²) in [4.78, 5) is 3.94. The number of rotatable bonds is 0. The van der Waals surface area contributed by atoms with Crippen LogP contribution in [0.25, 0.3) is 10.9 Å². The first-order valence-electron chi connectivity index (χ1n) is 2.85. The van der Waals surface area contributed by atoms with E-state index in [0.29, 0.717) is 0 Å². The predicted octanol–water partition coefficient (Wildman–Crippen LogP) is 1.12. The van der Waals surface area contributed by atoms with Gasteiger partial charge in [0.15, 0.2) is 0 Å². The van der Waals surface area contributed by atoms with E-state index in [1.807, 2.05) is 12.3 Å². The highest BCUT2D eigenvalue weighted by molar-refractivity contribution is 7.78. The number of pyridine rings is 1. The molecule has 0 unspecified atom stereocenters. The normalized spacial score (nSPS) is 10.5. The molecule has 0 fully saturated rings. The summed E-state index contributed by atoms with van der Waals surface area (Å²) in [5.74, 6) is 0. The van der Waals surface area contributed by atoms with E-state index in [9.17, 15) is 0 Å². The van der Waals surface area contributed by atoms with E-state index in [1.165, 1.54) is 4.09 Å². The van der Waals surface area contributed by atoms with Gasteiger partial charge in [0.25, 0.3) is 0 Å². The molecule has 0 aliphatic heterocycles. The van der Waals surface area contributed by atoms with E-state index in [4.69, 9.17) is 0 Å². The van der Waals surface area contributed by atoms with Crippen LogP contribution in [-0.4, -0.2) is 14.2 Å². The van der Waals surface area contributed by atoms with Crippen molar-refractivity contribution < 1.29 is 0 Å². The molecule has 0 saturated carbocycles. The van der Waals surface area contributed by atoms with Crippen molar-refractivity contribution in [2.24, 2.45) is 0 Å². The zero-order valence-electron chi connectivity index (χ0n) is 5.10. The van der Waals surface area contributed by atoms with Crippen molar-refractivity contribution in [3.63, 3.8) is 0 Å². The van der Waals surface area contributed by atoms with Gasteiger partial charge in [-0.1, -0.05) is 0 Å². The van der Waals surface area contributed by atoms with Crippen LogP contribution in [0, 0.1) is 0 Å². The van der Waals surface area contributed by atoms with E-state index < -0.39 is 0 Å². The highest BCUT2D eigenvalue weighted by Crippen LogP contribution is 2.08. The van der Waals surface area contributed by atoms with Gasteiger partial charge in [0.05, 0.1) is 5.52 Å². The quantitative estimate of drug-likeness (QED) is 0.572. The maximum Gasteiger partial charge on any atom is 0.0964 e. The highest BCUT2D eigenvalue weighted by atomic mass is 32.1. The van der Waals surface area contributed by atoms with E-state index in [0.717, 1.165) is 10.9 Å². The lowest BCUT2D eigenvalue weighted by molar-refractivity contribution is 1.04. The summed E-state index contributed by atoms with van der Waals surface area (Å²) in [6, 6.07) is 1.85. The fourth-order valence-corrected chi connectivity index (χ4v) is 1.07. The minimum absolute atomic E-state index is 0.921. The van der Waals surface area contributed by atoms with Gasteiger partial charge in [-0.05, 0) is 18.9 Å². The van der Waals surface area contributed by atoms with Crippen LogP contribution < -0.4 is 0 Å². The molecule has 0 bridgehead atoms. The predicted molar refractivity (Wildman–Crippen MR) is 41.9 cm³/mol. The van der Waals surface area contributed by atoms with Gasteiger partial charge in [-0.2, -0.15) is 5.10 Å². The molecule has 0 N–H and O–H groups in total. The van der Waals surface area contributed by atoms with Crippen LogP contribution in [0.15, 0.2) is 24.7 Å². The Morgan fingerprint density at radius 3 is 3.20 bits per heavy atom. The maximum atomic E-state index is 4.05. The lowest BCUT2D eigenvalue weighted by Gasteiger charge is -1.79. The van der Waals surface area contributed by atoms with Crippen molar-refractivity contribution >= 4 is 23.7 Å². The van der Waals surface area contributed by atoms with E-state index in [-0.39, 0.29) is 0 Å². The van der Waals surface area contributed by atoms with Crippen LogP contribution in [0.4, 0.5) is 0 Å². The number of fused-ring (bicyclic) bond motifs is 1. The average Bonchev–Trinajstić information content (AvgIpc) is 2.27. The van der Waals surface area contributed by atoms with Gasteiger partial charge >= 0.3 is 0 Å². The smallest absolute Gasteiger partial charge is 0.0964 e. The molecule has 0 atom stereocenters. The van der Waals surface area contributed by atoms with E-state index >= 15 is 0 Å². The summed E-state index contributed by atoms with van der Waals surface area (Å²) in [5.41, 5.74) is 0.921. The van der Waals surface area contributed by atoms with Crippen molar-refractivity contribution in [2.45, 2.75) is 0 Å². The van der Waals surface area contributed by atoms with Crippen LogP contribution in [0.1, 0.15) is 0 Å². The van der Waals surface area contributed by atoms with Gasteiger partial charge in [-0.15, -0.1) is 0 Å². The number of aromatic nitrogens is 3. The second kappa shape index (κ2) is 1.98. The van der Waals surface area contributed by atoms with Gasteiger partial charge in [0.1, 0.15) is 0 Å². The third kappa shape index (κ3) is 0.769. The van der Waals surface area contributed by atoms with Crippen molar-refractivity contribution in [1.29, 1.82) is 0 Å². The second-order valence-corrected chi connectivity index (χ2v) is 2.39. The maximum absolute atomic E-state index is 4.05. The molecule has 0 radical (unpaired) electrons. The standard InChI is InChI=1S/C6H5N3S/c10-9-4-5-3-7-2-1-6(5)8-9/h1-4,10H. The zero-order chi connectivity index (χ0) is 6.97. The SMILES string of the molecule is Sn1cc2cnccc2n1. The Kier molecular flexibility index (Phi) is 1.14. The summed E-state index contributed by atoms with van der Waals surface area (Å²) >= 11 is 4.02. The molecule has 0 aromatic carbocycles. The fraction of sp³-hybridized carbons (Fsp3) is 0. The van der Waals surface area contributed by atoms with Crippen molar-refractivity contribution in [3.05, 3.63) is 24.7 Å². The van der Waals surface area contributed by atoms with Crippen LogP contribution in [0.2, 0.25) is 0 Å². The third-order valence-corrected chi connectivity index (χ3v) is 1.50. The molecule has 0 aliphatic rings. The van der Waals surface area contributed by atoms with Gasteiger partial charge in [0, 0.05) is 24.0 Å².